The lowest BCUT2D eigenvalue weighted by molar-refractivity contribution is 0.150. The third-order valence-electron chi connectivity index (χ3n) is 3.99. The molecule has 128 valence electrons. The minimum absolute atomic E-state index is 0.117. The van der Waals surface area contributed by atoms with E-state index in [4.69, 9.17) is 4.74 Å². The van der Waals surface area contributed by atoms with Crippen LogP contribution in [0.5, 0.6) is 0 Å². The monoisotopic (exact) mass is 346 g/mol. The van der Waals surface area contributed by atoms with Crippen molar-refractivity contribution in [2.45, 2.75) is 37.4 Å². The van der Waals surface area contributed by atoms with Gasteiger partial charge in [0, 0.05) is 18.4 Å². The minimum Gasteiger partial charge on any atom is -0.443 e. The molecular formula is C17H22N4O2S. The molecule has 0 bridgehead atoms. The Labute approximate surface area is 146 Å². The van der Waals surface area contributed by atoms with Crippen molar-refractivity contribution in [2.24, 2.45) is 7.05 Å². The van der Waals surface area contributed by atoms with Gasteiger partial charge in [-0.25, -0.2) is 4.79 Å². The fourth-order valence-electron chi connectivity index (χ4n) is 2.50. The van der Waals surface area contributed by atoms with E-state index >= 15 is 0 Å². The number of benzene rings is 1. The molecule has 0 aliphatic carbocycles. The fraction of sp³-hybridized carbons (Fsp3) is 0.471. The third kappa shape index (κ3) is 3.56. The van der Waals surface area contributed by atoms with Crippen LogP contribution in [0.2, 0.25) is 0 Å². The molecule has 0 spiro atoms. The number of carbonyl (C=O) groups excluding carboxylic acids is 1. The number of nitrogens with one attached hydrogen (secondary N) is 1. The third-order valence-corrected chi connectivity index (χ3v) is 5.14. The highest BCUT2D eigenvalue weighted by Gasteiger charge is 2.23. The normalized spacial score (nSPS) is 17.7. The summed E-state index contributed by atoms with van der Waals surface area (Å²) < 4.78 is 7.10. The van der Waals surface area contributed by atoms with Gasteiger partial charge >= 0.3 is 6.09 Å². The summed E-state index contributed by atoms with van der Waals surface area (Å²) in [6, 6.07) is 8.45. The van der Waals surface area contributed by atoms with Gasteiger partial charge in [0.2, 0.25) is 0 Å². The molecule has 2 heterocycles. The Morgan fingerprint density at radius 1 is 1.29 bits per heavy atom. The van der Waals surface area contributed by atoms with Crippen LogP contribution in [-0.4, -0.2) is 39.3 Å². The van der Waals surface area contributed by atoms with Gasteiger partial charge in [0.25, 0.3) is 0 Å². The highest BCUT2D eigenvalue weighted by molar-refractivity contribution is 7.99. The van der Waals surface area contributed by atoms with Crippen LogP contribution in [0.15, 0.2) is 29.4 Å². The second-order valence-corrected chi connectivity index (χ2v) is 7.90. The number of alkyl carbamates (subject to hydrolysis) is 1. The number of ether oxygens (including phenoxy) is 1. The lowest BCUT2D eigenvalue weighted by Gasteiger charge is -2.19. The standard InChI is InChI=1S/C17H22N4O2S/c1-17(2,3)12-7-5-11(6-8-12)14-19-20-15(21(14)4)24-10-13-9-18-16(22)23-13/h5-8,13H,9-10H2,1-4H3,(H,18,22)/t13-/m0/s1. The maximum absolute atomic E-state index is 11.0. The van der Waals surface area contributed by atoms with Gasteiger partial charge < -0.3 is 14.6 Å². The number of hydrogen-bond donors (Lipinski definition) is 1. The van der Waals surface area contributed by atoms with Gasteiger partial charge in [-0.1, -0.05) is 56.8 Å². The number of rotatable bonds is 4. The van der Waals surface area contributed by atoms with Crippen LogP contribution in [-0.2, 0) is 17.2 Å². The van der Waals surface area contributed by atoms with Crippen molar-refractivity contribution in [3.8, 4) is 11.4 Å². The Kier molecular flexibility index (Phi) is 4.54. The molecule has 7 heteroatoms. The molecule has 3 rings (SSSR count). The van der Waals surface area contributed by atoms with Crippen LogP contribution in [0.4, 0.5) is 4.79 Å². The first-order valence-corrected chi connectivity index (χ1v) is 8.91. The second-order valence-electron chi connectivity index (χ2n) is 6.91. The largest absolute Gasteiger partial charge is 0.443 e. The van der Waals surface area contributed by atoms with Crippen LogP contribution in [0.1, 0.15) is 26.3 Å². The molecule has 1 N–H and O–H groups in total. The van der Waals surface area contributed by atoms with Gasteiger partial charge in [-0.3, -0.25) is 0 Å². The van der Waals surface area contributed by atoms with Crippen molar-refractivity contribution in [3.63, 3.8) is 0 Å². The summed E-state index contributed by atoms with van der Waals surface area (Å²) in [5.74, 6) is 1.49. The number of cyclic esters (lactones) is 1. The van der Waals surface area contributed by atoms with Gasteiger partial charge in [0.05, 0.1) is 6.54 Å². The topological polar surface area (TPSA) is 69.0 Å². The van der Waals surface area contributed by atoms with E-state index in [1.54, 1.807) is 11.8 Å². The number of amides is 1. The molecule has 1 aliphatic heterocycles. The smallest absolute Gasteiger partial charge is 0.407 e. The summed E-state index contributed by atoms with van der Waals surface area (Å²) in [6.07, 6.45) is -0.466. The second kappa shape index (κ2) is 6.47. The zero-order valence-electron chi connectivity index (χ0n) is 14.4. The Hall–Kier alpha value is -2.02. The summed E-state index contributed by atoms with van der Waals surface area (Å²) >= 11 is 1.54. The molecule has 1 amide bonds. The van der Waals surface area contributed by atoms with Gasteiger partial charge in [-0.15, -0.1) is 10.2 Å². The molecule has 1 aliphatic rings. The zero-order chi connectivity index (χ0) is 17.3. The van der Waals surface area contributed by atoms with Crippen molar-refractivity contribution >= 4 is 17.9 Å². The molecule has 1 atom stereocenters. The molecule has 0 radical (unpaired) electrons. The van der Waals surface area contributed by atoms with E-state index in [0.717, 1.165) is 16.5 Å². The first-order valence-electron chi connectivity index (χ1n) is 7.92. The Morgan fingerprint density at radius 2 is 2.00 bits per heavy atom. The van der Waals surface area contributed by atoms with Gasteiger partial charge in [-0.2, -0.15) is 0 Å². The Bertz CT molecular complexity index is 734. The maximum atomic E-state index is 11.0. The van der Waals surface area contributed by atoms with Crippen molar-refractivity contribution in [1.82, 2.24) is 20.1 Å². The molecule has 0 saturated carbocycles. The average molecular weight is 346 g/mol. The van der Waals surface area contributed by atoms with Gasteiger partial charge in [0.1, 0.15) is 6.10 Å². The number of nitrogens with zero attached hydrogens (tertiary/aromatic N) is 3. The van der Waals surface area contributed by atoms with Gasteiger partial charge in [0.15, 0.2) is 11.0 Å². The fourth-order valence-corrected chi connectivity index (χ4v) is 3.40. The van der Waals surface area contributed by atoms with Crippen molar-refractivity contribution in [2.75, 3.05) is 12.3 Å². The van der Waals surface area contributed by atoms with E-state index in [2.05, 4.69) is 60.6 Å². The highest BCUT2D eigenvalue weighted by atomic mass is 32.2. The summed E-state index contributed by atoms with van der Waals surface area (Å²) in [5.41, 5.74) is 2.46. The SMILES string of the molecule is Cn1c(SC[C@@H]2CNC(=O)O2)nnc1-c1ccc(C(C)(C)C)cc1. The van der Waals surface area contributed by atoms with Gasteiger partial charge in [-0.05, 0) is 11.0 Å². The number of aromatic nitrogens is 3. The van der Waals surface area contributed by atoms with E-state index in [-0.39, 0.29) is 17.6 Å². The first-order chi connectivity index (χ1) is 11.3. The summed E-state index contributed by atoms with van der Waals surface area (Å²) in [6.45, 7) is 7.14. The van der Waals surface area contributed by atoms with E-state index < -0.39 is 0 Å². The van der Waals surface area contributed by atoms with Crippen molar-refractivity contribution in [1.29, 1.82) is 0 Å². The van der Waals surface area contributed by atoms with Crippen LogP contribution < -0.4 is 5.32 Å². The Morgan fingerprint density at radius 3 is 2.58 bits per heavy atom. The molecule has 1 saturated heterocycles. The predicted octanol–water partition coefficient (Wildman–Crippen LogP) is 2.98. The lowest BCUT2D eigenvalue weighted by Crippen LogP contribution is -2.17. The highest BCUT2D eigenvalue weighted by Crippen LogP contribution is 2.27. The van der Waals surface area contributed by atoms with Crippen LogP contribution in [0.25, 0.3) is 11.4 Å². The van der Waals surface area contributed by atoms with Crippen LogP contribution in [0.3, 0.4) is 0 Å². The molecule has 6 nitrogen and oxygen atoms in total. The average Bonchev–Trinajstić information content (AvgIpc) is 3.10. The quantitative estimate of drug-likeness (QED) is 0.862. The maximum Gasteiger partial charge on any atom is 0.407 e. The molecule has 1 fully saturated rings. The molecular weight excluding hydrogens is 324 g/mol. The Balaban J connectivity index is 1.71. The minimum atomic E-state index is -0.349. The number of hydrogen-bond acceptors (Lipinski definition) is 5. The van der Waals surface area contributed by atoms with Crippen LogP contribution in [0, 0.1) is 0 Å². The van der Waals surface area contributed by atoms with E-state index in [9.17, 15) is 4.79 Å². The summed E-state index contributed by atoms with van der Waals surface area (Å²) in [7, 11) is 1.95. The predicted molar refractivity (Wildman–Crippen MR) is 94.1 cm³/mol. The first kappa shape index (κ1) is 16.8. The number of thioether (sulfide) groups is 1. The van der Waals surface area contributed by atoms with Crippen molar-refractivity contribution in [3.05, 3.63) is 29.8 Å². The van der Waals surface area contributed by atoms with Crippen LogP contribution >= 0.6 is 11.8 Å². The lowest BCUT2D eigenvalue weighted by atomic mass is 9.87. The summed E-state index contributed by atoms with van der Waals surface area (Å²) in [5, 5.41) is 12.0. The molecule has 2 aromatic rings. The van der Waals surface area contributed by atoms with Crippen molar-refractivity contribution < 1.29 is 9.53 Å². The molecule has 1 aromatic heterocycles. The van der Waals surface area contributed by atoms with E-state index in [1.807, 2.05) is 11.6 Å². The molecule has 1 aromatic carbocycles. The molecule has 0 unspecified atom stereocenters. The number of carbonyl (C=O) groups is 1. The van der Waals surface area contributed by atoms with E-state index in [1.165, 1.54) is 5.56 Å². The molecule has 24 heavy (non-hydrogen) atoms. The van der Waals surface area contributed by atoms with E-state index in [0.29, 0.717) is 12.3 Å². The zero-order valence-corrected chi connectivity index (χ0v) is 15.2. The summed E-state index contributed by atoms with van der Waals surface area (Å²) in [4.78, 5) is 11.0.